The van der Waals surface area contributed by atoms with Crippen molar-refractivity contribution < 1.29 is 9.59 Å². The standard InChI is InChI=1S/C26H23N3O2/c30-25(18-20-11-13-24(14-12-20)29-15-4-5-16-29)27-19-21-7-6-8-22(17-21)26(31)28-23-9-2-1-3-10-23/h1-17H,18-19H2,(H,27,30)(H,28,31). The van der Waals surface area contributed by atoms with Gasteiger partial charge in [-0.15, -0.1) is 0 Å². The van der Waals surface area contributed by atoms with E-state index >= 15 is 0 Å². The number of amides is 2. The maximum atomic E-state index is 12.5. The van der Waals surface area contributed by atoms with E-state index in [0.717, 1.165) is 22.5 Å². The fourth-order valence-electron chi connectivity index (χ4n) is 3.29. The van der Waals surface area contributed by atoms with E-state index in [1.807, 2.05) is 95.8 Å². The van der Waals surface area contributed by atoms with Gasteiger partial charge >= 0.3 is 0 Å². The number of aromatic nitrogens is 1. The molecular weight excluding hydrogens is 386 g/mol. The predicted molar refractivity (Wildman–Crippen MR) is 122 cm³/mol. The van der Waals surface area contributed by atoms with Gasteiger partial charge in [-0.2, -0.15) is 0 Å². The first-order valence-electron chi connectivity index (χ1n) is 10.1. The zero-order valence-electron chi connectivity index (χ0n) is 17.0. The van der Waals surface area contributed by atoms with E-state index < -0.39 is 0 Å². The van der Waals surface area contributed by atoms with Gasteiger partial charge < -0.3 is 15.2 Å². The van der Waals surface area contributed by atoms with Gasteiger partial charge in [-0.25, -0.2) is 0 Å². The van der Waals surface area contributed by atoms with Crippen LogP contribution in [0.5, 0.6) is 0 Å². The molecule has 5 heteroatoms. The van der Waals surface area contributed by atoms with Crippen LogP contribution in [0.1, 0.15) is 21.5 Å². The van der Waals surface area contributed by atoms with Gasteiger partial charge in [0.2, 0.25) is 5.91 Å². The molecule has 0 bridgehead atoms. The van der Waals surface area contributed by atoms with Gasteiger partial charge in [-0.3, -0.25) is 9.59 Å². The van der Waals surface area contributed by atoms with Gasteiger partial charge in [0.1, 0.15) is 0 Å². The molecule has 2 amide bonds. The number of carbonyl (C=O) groups excluding carboxylic acids is 2. The summed E-state index contributed by atoms with van der Waals surface area (Å²) in [7, 11) is 0. The van der Waals surface area contributed by atoms with Crippen LogP contribution in [-0.2, 0) is 17.8 Å². The second-order valence-electron chi connectivity index (χ2n) is 7.23. The summed E-state index contributed by atoms with van der Waals surface area (Å²) in [5.74, 6) is -0.241. The predicted octanol–water partition coefficient (Wildman–Crippen LogP) is 4.59. The van der Waals surface area contributed by atoms with Crippen molar-refractivity contribution in [2.75, 3.05) is 5.32 Å². The number of hydrogen-bond acceptors (Lipinski definition) is 2. The Morgan fingerprint density at radius 1 is 0.742 bits per heavy atom. The monoisotopic (exact) mass is 409 g/mol. The fraction of sp³-hybridized carbons (Fsp3) is 0.0769. The van der Waals surface area contributed by atoms with E-state index in [4.69, 9.17) is 0 Å². The third-order valence-electron chi connectivity index (χ3n) is 4.91. The number of nitrogens with zero attached hydrogens (tertiary/aromatic N) is 1. The molecule has 0 spiro atoms. The van der Waals surface area contributed by atoms with Gasteiger partial charge in [0.15, 0.2) is 0 Å². The third kappa shape index (κ3) is 5.48. The quantitative estimate of drug-likeness (QED) is 0.469. The third-order valence-corrected chi connectivity index (χ3v) is 4.91. The summed E-state index contributed by atoms with van der Waals surface area (Å²) in [5.41, 5.74) is 4.17. The molecule has 0 aliphatic heterocycles. The molecule has 0 aliphatic rings. The molecule has 1 aromatic heterocycles. The molecule has 4 aromatic rings. The SMILES string of the molecule is O=C(Cc1ccc(-n2cccc2)cc1)NCc1cccc(C(=O)Nc2ccccc2)c1. The largest absolute Gasteiger partial charge is 0.352 e. The summed E-state index contributed by atoms with van der Waals surface area (Å²) >= 11 is 0. The first kappa shape index (κ1) is 20.2. The van der Waals surface area contributed by atoms with Crippen molar-refractivity contribution in [2.24, 2.45) is 0 Å². The Balaban J connectivity index is 1.31. The molecular formula is C26H23N3O2. The number of para-hydroxylation sites is 1. The molecule has 154 valence electrons. The zero-order chi connectivity index (χ0) is 21.5. The van der Waals surface area contributed by atoms with E-state index in [2.05, 4.69) is 10.6 Å². The van der Waals surface area contributed by atoms with E-state index in [1.165, 1.54) is 0 Å². The van der Waals surface area contributed by atoms with Crippen LogP contribution in [0.25, 0.3) is 5.69 Å². The Kier molecular flexibility index (Phi) is 6.24. The molecule has 0 radical (unpaired) electrons. The summed E-state index contributed by atoms with van der Waals surface area (Å²) in [6, 6.07) is 28.5. The second kappa shape index (κ2) is 9.59. The number of hydrogen-bond donors (Lipinski definition) is 2. The van der Waals surface area contributed by atoms with Crippen LogP contribution in [-0.4, -0.2) is 16.4 Å². The summed E-state index contributed by atoms with van der Waals surface area (Å²) in [4.78, 5) is 24.8. The molecule has 0 atom stereocenters. The van der Waals surface area contributed by atoms with Crippen molar-refractivity contribution in [3.63, 3.8) is 0 Å². The number of benzene rings is 3. The highest BCUT2D eigenvalue weighted by Crippen LogP contribution is 2.12. The minimum absolute atomic E-state index is 0.0622. The van der Waals surface area contributed by atoms with Crippen molar-refractivity contribution in [3.05, 3.63) is 120 Å². The maximum Gasteiger partial charge on any atom is 0.255 e. The Morgan fingerprint density at radius 3 is 2.23 bits per heavy atom. The van der Waals surface area contributed by atoms with Crippen molar-refractivity contribution >= 4 is 17.5 Å². The van der Waals surface area contributed by atoms with Crippen LogP contribution >= 0.6 is 0 Å². The maximum absolute atomic E-state index is 12.5. The summed E-state index contributed by atoms with van der Waals surface area (Å²) in [5, 5.41) is 5.80. The van der Waals surface area contributed by atoms with Gasteiger partial charge in [0.25, 0.3) is 5.91 Å². The molecule has 0 aliphatic carbocycles. The number of nitrogens with one attached hydrogen (secondary N) is 2. The summed E-state index contributed by atoms with van der Waals surface area (Å²) in [6.45, 7) is 0.368. The molecule has 0 saturated carbocycles. The van der Waals surface area contributed by atoms with Crippen molar-refractivity contribution in [1.29, 1.82) is 0 Å². The molecule has 31 heavy (non-hydrogen) atoms. The van der Waals surface area contributed by atoms with Gasteiger partial charge in [-0.1, -0.05) is 42.5 Å². The van der Waals surface area contributed by atoms with E-state index in [1.54, 1.807) is 12.1 Å². The number of carbonyl (C=O) groups is 2. The van der Waals surface area contributed by atoms with E-state index in [9.17, 15) is 9.59 Å². The summed E-state index contributed by atoms with van der Waals surface area (Å²) in [6.07, 6.45) is 4.27. The molecule has 2 N–H and O–H groups in total. The molecule has 0 fully saturated rings. The van der Waals surface area contributed by atoms with Crippen LogP contribution in [0.2, 0.25) is 0 Å². The van der Waals surface area contributed by atoms with Crippen LogP contribution in [0.4, 0.5) is 5.69 Å². The lowest BCUT2D eigenvalue weighted by Gasteiger charge is -2.09. The molecule has 0 saturated heterocycles. The normalized spacial score (nSPS) is 10.5. The number of rotatable bonds is 7. The highest BCUT2D eigenvalue weighted by Gasteiger charge is 2.08. The molecule has 3 aromatic carbocycles. The zero-order valence-corrected chi connectivity index (χ0v) is 17.0. The van der Waals surface area contributed by atoms with Crippen LogP contribution in [0, 0.1) is 0 Å². The highest BCUT2D eigenvalue weighted by molar-refractivity contribution is 6.04. The summed E-state index contributed by atoms with van der Waals surface area (Å²) < 4.78 is 2.02. The topological polar surface area (TPSA) is 63.1 Å². The molecule has 0 unspecified atom stereocenters. The Bertz CT molecular complexity index is 1150. The lowest BCUT2D eigenvalue weighted by Crippen LogP contribution is -2.24. The molecule has 5 nitrogen and oxygen atoms in total. The molecule has 1 heterocycles. The fourth-order valence-corrected chi connectivity index (χ4v) is 3.29. The van der Waals surface area contributed by atoms with Gasteiger partial charge in [0.05, 0.1) is 6.42 Å². The van der Waals surface area contributed by atoms with Crippen LogP contribution < -0.4 is 10.6 Å². The molecule has 4 rings (SSSR count). The van der Waals surface area contributed by atoms with E-state index in [-0.39, 0.29) is 11.8 Å². The van der Waals surface area contributed by atoms with E-state index in [0.29, 0.717) is 18.5 Å². The lowest BCUT2D eigenvalue weighted by atomic mass is 10.1. The van der Waals surface area contributed by atoms with Crippen molar-refractivity contribution in [2.45, 2.75) is 13.0 Å². The number of anilines is 1. The van der Waals surface area contributed by atoms with Gasteiger partial charge in [0, 0.05) is 35.9 Å². The van der Waals surface area contributed by atoms with Crippen LogP contribution in [0.3, 0.4) is 0 Å². The smallest absolute Gasteiger partial charge is 0.255 e. The van der Waals surface area contributed by atoms with Crippen LogP contribution in [0.15, 0.2) is 103 Å². The Labute approximate surface area is 181 Å². The minimum Gasteiger partial charge on any atom is -0.352 e. The Hall–Kier alpha value is -4.12. The minimum atomic E-state index is -0.179. The average molecular weight is 409 g/mol. The second-order valence-corrected chi connectivity index (χ2v) is 7.23. The first-order valence-corrected chi connectivity index (χ1v) is 10.1. The highest BCUT2D eigenvalue weighted by atomic mass is 16.2. The lowest BCUT2D eigenvalue weighted by molar-refractivity contribution is -0.120. The van der Waals surface area contributed by atoms with Crippen molar-refractivity contribution in [3.8, 4) is 5.69 Å². The first-order chi connectivity index (χ1) is 15.2. The average Bonchev–Trinajstić information content (AvgIpc) is 3.34. The Morgan fingerprint density at radius 2 is 1.48 bits per heavy atom. The van der Waals surface area contributed by atoms with Gasteiger partial charge in [-0.05, 0) is 59.7 Å². The van der Waals surface area contributed by atoms with Crippen molar-refractivity contribution in [1.82, 2.24) is 9.88 Å².